The van der Waals surface area contributed by atoms with Gasteiger partial charge in [0.05, 0.1) is 0 Å². The van der Waals surface area contributed by atoms with Crippen LogP contribution in [0.5, 0.6) is 0 Å². The van der Waals surface area contributed by atoms with Crippen LogP contribution in [-0.2, 0) is 19.6 Å². The fraction of sp³-hybridized carbons (Fsp3) is 0.375. The van der Waals surface area contributed by atoms with E-state index in [1.807, 2.05) is 11.3 Å². The standard InChI is InChI=1S/C16H22N2S/c1-13(2)18(11-14-6-4-3-5-7-14)12-16-9-8-15(10-17)19-16/h3-9,13H,10-12,17H2,1-2H3. The van der Waals surface area contributed by atoms with E-state index >= 15 is 0 Å². The first kappa shape index (κ1) is 14.3. The van der Waals surface area contributed by atoms with Gasteiger partial charge >= 0.3 is 0 Å². The summed E-state index contributed by atoms with van der Waals surface area (Å²) in [5.41, 5.74) is 7.04. The van der Waals surface area contributed by atoms with Crippen LogP contribution in [-0.4, -0.2) is 10.9 Å². The predicted octanol–water partition coefficient (Wildman–Crippen LogP) is 3.62. The average Bonchev–Trinajstić information content (AvgIpc) is 2.87. The summed E-state index contributed by atoms with van der Waals surface area (Å²) in [6.07, 6.45) is 0. The van der Waals surface area contributed by atoms with E-state index in [4.69, 9.17) is 5.73 Å². The summed E-state index contributed by atoms with van der Waals surface area (Å²) < 4.78 is 0. The van der Waals surface area contributed by atoms with Crippen LogP contribution in [0.15, 0.2) is 42.5 Å². The second-order valence-corrected chi connectivity index (χ2v) is 6.31. The van der Waals surface area contributed by atoms with Gasteiger partial charge in [0.2, 0.25) is 0 Å². The van der Waals surface area contributed by atoms with Gasteiger partial charge < -0.3 is 5.73 Å². The maximum absolute atomic E-state index is 5.67. The number of benzene rings is 1. The molecule has 0 radical (unpaired) electrons. The molecule has 0 spiro atoms. The van der Waals surface area contributed by atoms with Crippen LogP contribution in [0.1, 0.15) is 29.2 Å². The van der Waals surface area contributed by atoms with Crippen LogP contribution in [0.3, 0.4) is 0 Å². The first-order valence-corrected chi connectivity index (χ1v) is 7.56. The van der Waals surface area contributed by atoms with Crippen molar-refractivity contribution in [2.45, 2.75) is 39.5 Å². The van der Waals surface area contributed by atoms with E-state index in [2.05, 4.69) is 61.2 Å². The number of thiophene rings is 1. The smallest absolute Gasteiger partial charge is 0.0334 e. The molecule has 1 aromatic heterocycles. The van der Waals surface area contributed by atoms with Crippen LogP contribution in [0.2, 0.25) is 0 Å². The van der Waals surface area contributed by atoms with Crippen LogP contribution >= 0.6 is 11.3 Å². The highest BCUT2D eigenvalue weighted by Gasteiger charge is 2.12. The maximum atomic E-state index is 5.67. The number of nitrogens with two attached hydrogens (primary N) is 1. The molecule has 2 nitrogen and oxygen atoms in total. The Morgan fingerprint density at radius 2 is 1.68 bits per heavy atom. The molecule has 0 aliphatic heterocycles. The molecule has 2 aromatic rings. The molecule has 2 rings (SSSR count). The van der Waals surface area contributed by atoms with E-state index < -0.39 is 0 Å². The van der Waals surface area contributed by atoms with Crippen molar-refractivity contribution in [3.8, 4) is 0 Å². The molecule has 0 atom stereocenters. The van der Waals surface area contributed by atoms with Gasteiger partial charge in [-0.05, 0) is 31.5 Å². The summed E-state index contributed by atoms with van der Waals surface area (Å²) in [6.45, 7) is 7.14. The first-order valence-electron chi connectivity index (χ1n) is 6.74. The Hall–Kier alpha value is -1.16. The normalized spacial score (nSPS) is 11.4. The molecule has 1 heterocycles. The van der Waals surface area contributed by atoms with Crippen LogP contribution in [0.4, 0.5) is 0 Å². The third-order valence-electron chi connectivity index (χ3n) is 3.24. The third-order valence-corrected chi connectivity index (χ3v) is 4.33. The fourth-order valence-corrected chi connectivity index (χ4v) is 2.98. The van der Waals surface area contributed by atoms with Crippen molar-refractivity contribution in [3.05, 3.63) is 57.8 Å². The van der Waals surface area contributed by atoms with Gasteiger partial charge in [-0.1, -0.05) is 30.3 Å². The van der Waals surface area contributed by atoms with Crippen molar-refractivity contribution in [1.29, 1.82) is 0 Å². The zero-order valence-corrected chi connectivity index (χ0v) is 12.5. The monoisotopic (exact) mass is 274 g/mol. The molecule has 102 valence electrons. The topological polar surface area (TPSA) is 29.3 Å². The first-order chi connectivity index (χ1) is 9.19. The number of rotatable bonds is 6. The molecule has 1 aromatic carbocycles. The maximum Gasteiger partial charge on any atom is 0.0334 e. The van der Waals surface area contributed by atoms with Crippen LogP contribution in [0.25, 0.3) is 0 Å². The Bertz CT molecular complexity index is 490. The molecule has 0 fully saturated rings. The van der Waals surface area contributed by atoms with Gasteiger partial charge in [0.15, 0.2) is 0 Å². The van der Waals surface area contributed by atoms with Crippen LogP contribution < -0.4 is 5.73 Å². The highest BCUT2D eigenvalue weighted by atomic mass is 32.1. The predicted molar refractivity (Wildman–Crippen MR) is 83.0 cm³/mol. The van der Waals surface area contributed by atoms with Gasteiger partial charge in [-0.3, -0.25) is 4.90 Å². The summed E-state index contributed by atoms with van der Waals surface area (Å²) in [6, 6.07) is 15.5. The Labute approximate surface area is 119 Å². The molecule has 0 amide bonds. The SMILES string of the molecule is CC(C)N(Cc1ccccc1)Cc1ccc(CN)s1. The molecule has 0 saturated heterocycles. The molecular formula is C16H22N2S. The van der Waals surface area contributed by atoms with Gasteiger partial charge in [0.25, 0.3) is 0 Å². The summed E-state index contributed by atoms with van der Waals surface area (Å²) in [4.78, 5) is 5.14. The lowest BCUT2D eigenvalue weighted by molar-refractivity contribution is 0.205. The average molecular weight is 274 g/mol. The lowest BCUT2D eigenvalue weighted by Crippen LogP contribution is -2.29. The summed E-state index contributed by atoms with van der Waals surface area (Å²) in [7, 11) is 0. The molecule has 0 aliphatic rings. The molecule has 0 bridgehead atoms. The molecule has 3 heteroatoms. The second kappa shape index (κ2) is 6.85. The van der Waals surface area contributed by atoms with Crippen LogP contribution in [0, 0.1) is 0 Å². The zero-order valence-electron chi connectivity index (χ0n) is 11.7. The highest BCUT2D eigenvalue weighted by Crippen LogP contribution is 2.20. The van der Waals surface area contributed by atoms with Gasteiger partial charge in [-0.15, -0.1) is 11.3 Å². The van der Waals surface area contributed by atoms with Gasteiger partial charge in [0, 0.05) is 35.4 Å². The van der Waals surface area contributed by atoms with Gasteiger partial charge in [-0.2, -0.15) is 0 Å². The fourth-order valence-electron chi connectivity index (χ4n) is 2.06. The Morgan fingerprint density at radius 1 is 1.00 bits per heavy atom. The van der Waals surface area contributed by atoms with Crippen molar-refractivity contribution in [2.24, 2.45) is 5.73 Å². The van der Waals surface area contributed by atoms with Gasteiger partial charge in [-0.25, -0.2) is 0 Å². The molecule has 2 N–H and O–H groups in total. The lowest BCUT2D eigenvalue weighted by atomic mass is 10.2. The Balaban J connectivity index is 2.04. The quantitative estimate of drug-likeness (QED) is 0.872. The zero-order chi connectivity index (χ0) is 13.7. The number of hydrogen-bond acceptors (Lipinski definition) is 3. The molecular weight excluding hydrogens is 252 g/mol. The van der Waals surface area contributed by atoms with E-state index in [9.17, 15) is 0 Å². The van der Waals surface area contributed by atoms with Crippen molar-refractivity contribution in [3.63, 3.8) is 0 Å². The minimum atomic E-state index is 0.531. The second-order valence-electron chi connectivity index (χ2n) is 5.06. The van der Waals surface area contributed by atoms with Crippen molar-refractivity contribution >= 4 is 11.3 Å². The highest BCUT2D eigenvalue weighted by molar-refractivity contribution is 7.11. The van der Waals surface area contributed by atoms with Gasteiger partial charge in [0.1, 0.15) is 0 Å². The molecule has 0 saturated carbocycles. The van der Waals surface area contributed by atoms with E-state index in [0.717, 1.165) is 13.1 Å². The number of nitrogens with zero attached hydrogens (tertiary/aromatic N) is 1. The van der Waals surface area contributed by atoms with E-state index in [1.165, 1.54) is 15.3 Å². The number of hydrogen-bond donors (Lipinski definition) is 1. The van der Waals surface area contributed by atoms with E-state index in [1.54, 1.807) is 0 Å². The summed E-state index contributed by atoms with van der Waals surface area (Å²) in [5, 5.41) is 0. The summed E-state index contributed by atoms with van der Waals surface area (Å²) in [5.74, 6) is 0. The third kappa shape index (κ3) is 4.16. The molecule has 0 unspecified atom stereocenters. The summed E-state index contributed by atoms with van der Waals surface area (Å²) >= 11 is 1.82. The molecule has 0 aliphatic carbocycles. The Kier molecular flexibility index (Phi) is 5.14. The van der Waals surface area contributed by atoms with Crippen molar-refractivity contribution in [1.82, 2.24) is 4.90 Å². The van der Waals surface area contributed by atoms with E-state index in [0.29, 0.717) is 12.6 Å². The largest absolute Gasteiger partial charge is 0.326 e. The van der Waals surface area contributed by atoms with Crippen molar-refractivity contribution in [2.75, 3.05) is 0 Å². The minimum absolute atomic E-state index is 0.531. The lowest BCUT2D eigenvalue weighted by Gasteiger charge is -2.26. The Morgan fingerprint density at radius 3 is 2.26 bits per heavy atom. The van der Waals surface area contributed by atoms with E-state index in [-0.39, 0.29) is 0 Å². The van der Waals surface area contributed by atoms with Crippen molar-refractivity contribution < 1.29 is 0 Å². The minimum Gasteiger partial charge on any atom is -0.326 e. The molecule has 19 heavy (non-hydrogen) atoms.